The van der Waals surface area contributed by atoms with Gasteiger partial charge >= 0.3 is 5.97 Å². The third kappa shape index (κ3) is 13.4. The number of rotatable bonds is 16. The topological polar surface area (TPSA) is 66.8 Å². The van der Waals surface area contributed by atoms with Gasteiger partial charge in [-0.05, 0) is 73.9 Å². The van der Waals surface area contributed by atoms with Crippen molar-refractivity contribution in [3.8, 4) is 17.2 Å². The summed E-state index contributed by atoms with van der Waals surface area (Å²) in [6.45, 7) is 2.15. The standard InChI is InChI=1S/C32H40O4/c1-2-3-4-5-6-7-8-9-10-11-12-13-14-15-16-17-32(35)36-31-25-28(24-30(34)26-31)19-18-27-20-22-29(33)23-21-27/h3-4,6-7,9-10,18-26,33-34H,2,5,8,11-17H2,1H3/b4-3-,7-6-,10-9-,19-18?. The number of esters is 1. The zero-order valence-electron chi connectivity index (χ0n) is 21.4. The predicted molar refractivity (Wildman–Crippen MR) is 150 cm³/mol. The molecular formula is C32H40O4. The molecule has 0 unspecified atom stereocenters. The zero-order valence-corrected chi connectivity index (χ0v) is 21.4. The molecule has 2 N–H and O–H groups in total. The number of benzene rings is 2. The number of aromatic hydroxyl groups is 2. The van der Waals surface area contributed by atoms with Crippen molar-refractivity contribution in [1.82, 2.24) is 0 Å². The fourth-order valence-electron chi connectivity index (χ4n) is 3.61. The lowest BCUT2D eigenvalue weighted by Crippen LogP contribution is -2.07. The van der Waals surface area contributed by atoms with Crippen LogP contribution in [0.1, 0.15) is 82.3 Å². The maximum absolute atomic E-state index is 12.2. The third-order valence-corrected chi connectivity index (χ3v) is 5.54. The smallest absolute Gasteiger partial charge is 0.311 e. The molecule has 0 aliphatic rings. The van der Waals surface area contributed by atoms with Crippen molar-refractivity contribution in [1.29, 1.82) is 0 Å². The molecule has 0 radical (unpaired) electrons. The Kier molecular flexibility index (Phi) is 14.2. The predicted octanol–water partition coefficient (Wildman–Crippen LogP) is 8.76. The molecule has 192 valence electrons. The van der Waals surface area contributed by atoms with Crippen molar-refractivity contribution in [2.24, 2.45) is 0 Å². The summed E-state index contributed by atoms with van der Waals surface area (Å²) in [4.78, 5) is 12.2. The zero-order chi connectivity index (χ0) is 25.8. The van der Waals surface area contributed by atoms with E-state index in [1.54, 1.807) is 36.4 Å². The van der Waals surface area contributed by atoms with Gasteiger partial charge in [0, 0.05) is 12.5 Å². The normalized spacial score (nSPS) is 11.9. The molecule has 2 aromatic rings. The second kappa shape index (κ2) is 17.8. The minimum atomic E-state index is -0.282. The van der Waals surface area contributed by atoms with Crippen LogP contribution in [0.4, 0.5) is 0 Å². The van der Waals surface area contributed by atoms with Gasteiger partial charge in [-0.15, -0.1) is 0 Å². The van der Waals surface area contributed by atoms with Crippen LogP contribution >= 0.6 is 0 Å². The first kappa shape index (κ1) is 28.7. The van der Waals surface area contributed by atoms with Gasteiger partial charge in [-0.1, -0.05) is 86.9 Å². The molecule has 0 saturated heterocycles. The summed E-state index contributed by atoms with van der Waals surface area (Å²) in [6, 6.07) is 11.6. The Hall–Kier alpha value is -3.53. The Morgan fingerprint density at radius 2 is 1.36 bits per heavy atom. The molecule has 2 rings (SSSR count). The molecule has 0 aromatic heterocycles. The average molecular weight is 489 g/mol. The van der Waals surface area contributed by atoms with Gasteiger partial charge in [0.25, 0.3) is 0 Å². The van der Waals surface area contributed by atoms with Crippen molar-refractivity contribution in [3.05, 3.63) is 90.0 Å². The summed E-state index contributed by atoms with van der Waals surface area (Å²) in [5, 5.41) is 19.4. The van der Waals surface area contributed by atoms with E-state index in [1.165, 1.54) is 18.9 Å². The highest BCUT2D eigenvalue weighted by Crippen LogP contribution is 2.24. The van der Waals surface area contributed by atoms with E-state index in [1.807, 2.05) is 12.2 Å². The second-order valence-electron chi connectivity index (χ2n) is 8.76. The van der Waals surface area contributed by atoms with Crippen molar-refractivity contribution in [2.75, 3.05) is 0 Å². The number of allylic oxidation sites excluding steroid dienone is 6. The Morgan fingerprint density at radius 1 is 0.722 bits per heavy atom. The Balaban J connectivity index is 1.59. The first-order valence-corrected chi connectivity index (χ1v) is 13.0. The van der Waals surface area contributed by atoms with Crippen LogP contribution in [0.2, 0.25) is 0 Å². The lowest BCUT2D eigenvalue weighted by molar-refractivity contribution is -0.134. The lowest BCUT2D eigenvalue weighted by atomic mass is 10.1. The van der Waals surface area contributed by atoms with E-state index >= 15 is 0 Å². The van der Waals surface area contributed by atoms with Crippen molar-refractivity contribution in [3.63, 3.8) is 0 Å². The molecule has 0 atom stereocenters. The summed E-state index contributed by atoms with van der Waals surface area (Å²) in [5.41, 5.74) is 1.63. The molecule has 0 spiro atoms. The van der Waals surface area contributed by atoms with Gasteiger partial charge in [0.05, 0.1) is 0 Å². The molecule has 0 saturated carbocycles. The first-order valence-electron chi connectivity index (χ1n) is 13.0. The van der Waals surface area contributed by atoms with E-state index in [4.69, 9.17) is 4.74 Å². The fraction of sp³-hybridized carbons (Fsp3) is 0.344. The van der Waals surface area contributed by atoms with E-state index in [2.05, 4.69) is 43.4 Å². The number of carbonyl (C=O) groups excluding carboxylic acids is 1. The maximum atomic E-state index is 12.2. The monoisotopic (exact) mass is 488 g/mol. The number of hydrogen-bond donors (Lipinski definition) is 2. The second-order valence-corrected chi connectivity index (χ2v) is 8.76. The minimum Gasteiger partial charge on any atom is -0.508 e. The van der Waals surface area contributed by atoms with E-state index in [-0.39, 0.29) is 17.5 Å². The number of hydrogen-bond acceptors (Lipinski definition) is 4. The molecule has 0 aliphatic carbocycles. The van der Waals surface area contributed by atoms with Crippen molar-refractivity contribution < 1.29 is 19.7 Å². The fourth-order valence-corrected chi connectivity index (χ4v) is 3.61. The number of phenols is 2. The number of phenolic OH excluding ortho intramolecular Hbond substituents is 2. The van der Waals surface area contributed by atoms with E-state index in [9.17, 15) is 15.0 Å². The SMILES string of the molecule is CC/C=C\C/C=C\C/C=C\CCCCCCCC(=O)Oc1cc(O)cc(C=Cc2ccc(O)cc2)c1. The molecule has 0 aliphatic heterocycles. The van der Waals surface area contributed by atoms with Gasteiger partial charge in [-0.2, -0.15) is 0 Å². The largest absolute Gasteiger partial charge is 0.508 e. The molecule has 4 nitrogen and oxygen atoms in total. The van der Waals surface area contributed by atoms with Crippen LogP contribution in [-0.2, 0) is 4.79 Å². The van der Waals surface area contributed by atoms with Crippen LogP contribution in [0, 0.1) is 0 Å². The van der Waals surface area contributed by atoms with Gasteiger partial charge in [0.1, 0.15) is 17.2 Å². The van der Waals surface area contributed by atoms with E-state index < -0.39 is 0 Å². The lowest BCUT2D eigenvalue weighted by Gasteiger charge is -2.06. The van der Waals surface area contributed by atoms with Gasteiger partial charge in [0.15, 0.2) is 0 Å². The maximum Gasteiger partial charge on any atom is 0.311 e. The Bertz CT molecular complexity index is 1010. The van der Waals surface area contributed by atoms with Gasteiger partial charge in [-0.3, -0.25) is 4.79 Å². The molecule has 0 heterocycles. The minimum absolute atomic E-state index is 0.0415. The van der Waals surface area contributed by atoms with Crippen molar-refractivity contribution in [2.45, 2.75) is 71.1 Å². The van der Waals surface area contributed by atoms with Crippen LogP contribution in [0.3, 0.4) is 0 Å². The average Bonchev–Trinajstić information content (AvgIpc) is 2.85. The highest BCUT2D eigenvalue weighted by Gasteiger charge is 2.07. The van der Waals surface area contributed by atoms with Gasteiger partial charge in [-0.25, -0.2) is 0 Å². The van der Waals surface area contributed by atoms with Gasteiger partial charge in [0.2, 0.25) is 0 Å². The summed E-state index contributed by atoms with van der Waals surface area (Å²) in [7, 11) is 0. The molecular weight excluding hydrogens is 448 g/mol. The highest BCUT2D eigenvalue weighted by molar-refractivity contribution is 5.74. The quantitative estimate of drug-likeness (QED) is 0.0815. The summed E-state index contributed by atoms with van der Waals surface area (Å²) in [5.74, 6) is 0.306. The highest BCUT2D eigenvalue weighted by atomic mass is 16.5. The van der Waals surface area contributed by atoms with Crippen LogP contribution < -0.4 is 4.74 Å². The van der Waals surface area contributed by atoms with Crippen molar-refractivity contribution >= 4 is 18.1 Å². The Labute approximate surface area is 216 Å². The molecule has 36 heavy (non-hydrogen) atoms. The Morgan fingerprint density at radius 3 is 2.11 bits per heavy atom. The summed E-state index contributed by atoms with van der Waals surface area (Å²) >= 11 is 0. The number of unbranched alkanes of at least 4 members (excludes halogenated alkanes) is 5. The number of carbonyl (C=O) groups is 1. The van der Waals surface area contributed by atoms with Crippen LogP contribution in [-0.4, -0.2) is 16.2 Å². The molecule has 2 aromatic carbocycles. The summed E-state index contributed by atoms with van der Waals surface area (Å²) < 4.78 is 5.44. The van der Waals surface area contributed by atoms with Crippen LogP contribution in [0.25, 0.3) is 12.2 Å². The van der Waals surface area contributed by atoms with Gasteiger partial charge < -0.3 is 14.9 Å². The van der Waals surface area contributed by atoms with Crippen LogP contribution in [0.15, 0.2) is 78.9 Å². The molecule has 0 bridgehead atoms. The molecule has 0 amide bonds. The van der Waals surface area contributed by atoms with E-state index in [0.717, 1.165) is 56.1 Å². The molecule has 0 fully saturated rings. The third-order valence-electron chi connectivity index (χ3n) is 5.54. The first-order chi connectivity index (χ1) is 17.6. The van der Waals surface area contributed by atoms with E-state index in [0.29, 0.717) is 12.2 Å². The molecule has 4 heteroatoms. The van der Waals surface area contributed by atoms with Crippen LogP contribution in [0.5, 0.6) is 17.2 Å². The summed E-state index contributed by atoms with van der Waals surface area (Å²) in [6.07, 6.45) is 26.8. The number of ether oxygens (including phenoxy) is 1.